The average Bonchev–Trinajstić information content (AvgIpc) is 2.25. The molecule has 16 heavy (non-hydrogen) atoms. The van der Waals surface area contributed by atoms with Crippen LogP contribution in [0.4, 0.5) is 0 Å². The molecular formula is C11H25NO4. The number of aliphatic hydroxyl groups is 2. The molecule has 0 radical (unpaired) electrons. The maximum Gasteiger partial charge on any atom is 0.0897 e. The Bertz CT molecular complexity index is 155. The third-order valence-corrected chi connectivity index (χ3v) is 2.36. The maximum absolute atomic E-state index is 9.56. The molecule has 0 amide bonds. The van der Waals surface area contributed by atoms with E-state index in [0.717, 1.165) is 0 Å². The van der Waals surface area contributed by atoms with E-state index in [-0.39, 0.29) is 19.3 Å². The number of hydrogen-bond donors (Lipinski definition) is 3. The van der Waals surface area contributed by atoms with Crippen molar-refractivity contribution in [2.45, 2.75) is 26.0 Å². The molecular weight excluding hydrogens is 210 g/mol. The second-order valence-electron chi connectivity index (χ2n) is 4.16. The van der Waals surface area contributed by atoms with E-state index >= 15 is 0 Å². The van der Waals surface area contributed by atoms with Crippen molar-refractivity contribution in [2.24, 2.45) is 5.92 Å². The van der Waals surface area contributed by atoms with Gasteiger partial charge in [0.25, 0.3) is 0 Å². The minimum absolute atomic E-state index is 0.0219. The van der Waals surface area contributed by atoms with Crippen LogP contribution in [0, 0.1) is 5.92 Å². The highest BCUT2D eigenvalue weighted by Crippen LogP contribution is 2.00. The molecule has 0 saturated carbocycles. The Balaban J connectivity index is 3.51. The molecule has 2 unspecified atom stereocenters. The summed E-state index contributed by atoms with van der Waals surface area (Å²) in [5.74, 6) is 0.339. The van der Waals surface area contributed by atoms with Crippen LogP contribution in [0.25, 0.3) is 0 Å². The summed E-state index contributed by atoms with van der Waals surface area (Å²) < 4.78 is 10.0. The van der Waals surface area contributed by atoms with Gasteiger partial charge in [0.1, 0.15) is 0 Å². The summed E-state index contributed by atoms with van der Waals surface area (Å²) in [6.07, 6.45) is -0.551. The van der Waals surface area contributed by atoms with Crippen molar-refractivity contribution in [1.82, 2.24) is 5.32 Å². The first kappa shape index (κ1) is 15.8. The van der Waals surface area contributed by atoms with Crippen molar-refractivity contribution in [2.75, 3.05) is 40.1 Å². The molecule has 0 aliphatic heterocycles. The first-order valence-electron chi connectivity index (χ1n) is 5.70. The molecule has 0 aliphatic carbocycles. The normalized spacial score (nSPS) is 15.4. The summed E-state index contributed by atoms with van der Waals surface area (Å²) in [4.78, 5) is 0. The molecule has 5 nitrogen and oxygen atoms in total. The van der Waals surface area contributed by atoms with Crippen LogP contribution in [0.1, 0.15) is 13.8 Å². The minimum atomic E-state index is -0.551. The van der Waals surface area contributed by atoms with Gasteiger partial charge in [0.2, 0.25) is 0 Å². The van der Waals surface area contributed by atoms with Crippen molar-refractivity contribution in [3.05, 3.63) is 0 Å². The van der Waals surface area contributed by atoms with Crippen molar-refractivity contribution in [1.29, 1.82) is 0 Å². The Kier molecular flexibility index (Phi) is 9.86. The molecule has 0 aromatic carbocycles. The van der Waals surface area contributed by atoms with Gasteiger partial charge in [-0.05, 0) is 5.92 Å². The summed E-state index contributed by atoms with van der Waals surface area (Å²) >= 11 is 0. The first-order chi connectivity index (χ1) is 7.61. The van der Waals surface area contributed by atoms with Crippen LogP contribution in [0.3, 0.4) is 0 Å². The fraction of sp³-hybridized carbons (Fsp3) is 1.00. The van der Waals surface area contributed by atoms with Gasteiger partial charge in [-0.1, -0.05) is 13.8 Å². The summed E-state index contributed by atoms with van der Waals surface area (Å²) in [6, 6.07) is 0.0219. The minimum Gasteiger partial charge on any atom is -0.395 e. The lowest BCUT2D eigenvalue weighted by Gasteiger charge is -2.21. The first-order valence-corrected chi connectivity index (χ1v) is 5.70. The monoisotopic (exact) mass is 235 g/mol. The summed E-state index contributed by atoms with van der Waals surface area (Å²) in [6.45, 7) is 5.86. The number of nitrogens with one attached hydrogen (secondary N) is 1. The Morgan fingerprint density at radius 2 is 1.94 bits per heavy atom. The van der Waals surface area contributed by atoms with Gasteiger partial charge >= 0.3 is 0 Å². The van der Waals surface area contributed by atoms with E-state index in [2.05, 4.69) is 5.32 Å². The van der Waals surface area contributed by atoms with Gasteiger partial charge < -0.3 is 25.0 Å². The number of rotatable bonds is 10. The van der Waals surface area contributed by atoms with Crippen LogP contribution in [0.5, 0.6) is 0 Å². The molecule has 0 fully saturated rings. The molecule has 0 aromatic rings. The lowest BCUT2D eigenvalue weighted by atomic mass is 10.1. The average molecular weight is 235 g/mol. The van der Waals surface area contributed by atoms with Crippen LogP contribution in [-0.4, -0.2) is 62.4 Å². The highest BCUT2D eigenvalue weighted by Gasteiger charge is 2.13. The Labute approximate surface area is 97.8 Å². The molecule has 5 heteroatoms. The largest absolute Gasteiger partial charge is 0.395 e. The molecule has 0 saturated heterocycles. The van der Waals surface area contributed by atoms with Gasteiger partial charge in [-0.15, -0.1) is 0 Å². The van der Waals surface area contributed by atoms with Gasteiger partial charge in [0.05, 0.1) is 32.5 Å². The second kappa shape index (κ2) is 9.99. The third kappa shape index (κ3) is 8.01. The fourth-order valence-electron chi connectivity index (χ4n) is 1.22. The second-order valence-corrected chi connectivity index (χ2v) is 4.16. The zero-order valence-electron chi connectivity index (χ0n) is 10.5. The van der Waals surface area contributed by atoms with E-state index < -0.39 is 6.10 Å². The number of ether oxygens (including phenoxy) is 2. The Hall–Kier alpha value is -0.200. The molecule has 0 bridgehead atoms. The molecule has 98 valence electrons. The van der Waals surface area contributed by atoms with E-state index in [0.29, 0.717) is 25.7 Å². The number of aliphatic hydroxyl groups excluding tert-OH is 2. The predicted molar refractivity (Wildman–Crippen MR) is 62.4 cm³/mol. The lowest BCUT2D eigenvalue weighted by Crippen LogP contribution is -2.42. The van der Waals surface area contributed by atoms with Crippen molar-refractivity contribution < 1.29 is 19.7 Å². The van der Waals surface area contributed by atoms with Crippen molar-refractivity contribution >= 4 is 0 Å². The van der Waals surface area contributed by atoms with Crippen LogP contribution in [-0.2, 0) is 9.47 Å². The molecule has 3 N–H and O–H groups in total. The molecule has 0 spiro atoms. The lowest BCUT2D eigenvalue weighted by molar-refractivity contribution is 0.0115. The summed E-state index contributed by atoms with van der Waals surface area (Å²) in [5.41, 5.74) is 0. The van der Waals surface area contributed by atoms with Crippen molar-refractivity contribution in [3.8, 4) is 0 Å². The molecule has 0 aliphatic rings. The Morgan fingerprint density at radius 3 is 2.44 bits per heavy atom. The van der Waals surface area contributed by atoms with E-state index in [1.165, 1.54) is 0 Å². The van der Waals surface area contributed by atoms with E-state index in [9.17, 15) is 5.11 Å². The number of hydrogen-bond acceptors (Lipinski definition) is 5. The highest BCUT2D eigenvalue weighted by atomic mass is 16.5. The number of methoxy groups -OCH3 is 1. The van der Waals surface area contributed by atoms with Crippen LogP contribution >= 0.6 is 0 Å². The highest BCUT2D eigenvalue weighted by molar-refractivity contribution is 4.71. The van der Waals surface area contributed by atoms with Gasteiger partial charge in [-0.2, -0.15) is 0 Å². The molecule has 0 heterocycles. The van der Waals surface area contributed by atoms with E-state index in [1.54, 1.807) is 7.11 Å². The zero-order chi connectivity index (χ0) is 12.4. The smallest absolute Gasteiger partial charge is 0.0897 e. The Morgan fingerprint density at radius 1 is 1.25 bits per heavy atom. The van der Waals surface area contributed by atoms with Crippen molar-refractivity contribution in [3.63, 3.8) is 0 Å². The van der Waals surface area contributed by atoms with Gasteiger partial charge in [-0.3, -0.25) is 0 Å². The van der Waals surface area contributed by atoms with Gasteiger partial charge in [0, 0.05) is 19.7 Å². The molecule has 0 aromatic heterocycles. The summed E-state index contributed by atoms with van der Waals surface area (Å²) in [5, 5.41) is 21.7. The van der Waals surface area contributed by atoms with E-state index in [4.69, 9.17) is 14.6 Å². The van der Waals surface area contributed by atoms with Crippen LogP contribution in [0.15, 0.2) is 0 Å². The molecule has 2 atom stereocenters. The van der Waals surface area contributed by atoms with Crippen LogP contribution in [0.2, 0.25) is 0 Å². The standard InChI is InChI=1S/C11H25NO4/c1-9(2)11(7-13)12-6-10(14)8-16-5-4-15-3/h9-14H,4-8H2,1-3H3. The fourth-order valence-corrected chi connectivity index (χ4v) is 1.22. The SMILES string of the molecule is COCCOCC(O)CNC(CO)C(C)C. The van der Waals surface area contributed by atoms with Gasteiger partial charge in [-0.25, -0.2) is 0 Å². The molecule has 0 rings (SSSR count). The summed E-state index contributed by atoms with van der Waals surface area (Å²) in [7, 11) is 1.61. The topological polar surface area (TPSA) is 71.0 Å². The third-order valence-electron chi connectivity index (χ3n) is 2.36. The van der Waals surface area contributed by atoms with Crippen LogP contribution < -0.4 is 5.32 Å². The zero-order valence-corrected chi connectivity index (χ0v) is 10.5. The van der Waals surface area contributed by atoms with E-state index in [1.807, 2.05) is 13.8 Å². The quantitative estimate of drug-likeness (QED) is 0.450. The predicted octanol–water partition coefficient (Wildman–Crippen LogP) is -0.383. The maximum atomic E-state index is 9.56. The van der Waals surface area contributed by atoms with Gasteiger partial charge in [0.15, 0.2) is 0 Å².